The Balaban J connectivity index is 1.01. The van der Waals surface area contributed by atoms with E-state index in [1.54, 1.807) is 5.57 Å². The minimum Gasteiger partial charge on any atom is -0.462 e. The van der Waals surface area contributed by atoms with Gasteiger partial charge in [-0.05, 0) is 142 Å². The van der Waals surface area contributed by atoms with Gasteiger partial charge in [-0.1, -0.05) is 174 Å². The molecule has 4 rings (SSSR count). The van der Waals surface area contributed by atoms with E-state index in [1.165, 1.54) is 141 Å². The topological polar surface area (TPSA) is 26.3 Å². The SMILES string of the molecule is CCCCC/C=C\C/C=C\C/C=C\CCCCCCCCCCCCC(=O)OC1CCC2(C)C(=CCC3C2CCC2(C)C(C(C)CCC(C)C(C)C)CCC32)C1. The zero-order valence-corrected chi connectivity index (χ0v) is 38.3. The van der Waals surface area contributed by atoms with Gasteiger partial charge in [-0.25, -0.2) is 0 Å². The maximum Gasteiger partial charge on any atom is 0.306 e. The van der Waals surface area contributed by atoms with Gasteiger partial charge in [-0.3, -0.25) is 4.79 Å². The molecule has 2 heteroatoms. The Morgan fingerprint density at radius 3 is 1.96 bits per heavy atom. The number of esters is 1. The van der Waals surface area contributed by atoms with E-state index in [0.29, 0.717) is 17.3 Å². The average Bonchev–Trinajstić information content (AvgIpc) is 3.54. The van der Waals surface area contributed by atoms with E-state index in [0.717, 1.165) is 73.5 Å². The maximum atomic E-state index is 12.9. The quantitative estimate of drug-likeness (QED) is 0.0472. The molecule has 0 heterocycles. The first-order chi connectivity index (χ1) is 27.1. The molecule has 9 atom stereocenters. The van der Waals surface area contributed by atoms with Crippen molar-refractivity contribution in [2.45, 2.75) is 234 Å². The van der Waals surface area contributed by atoms with Gasteiger partial charge < -0.3 is 4.74 Å². The van der Waals surface area contributed by atoms with Gasteiger partial charge in [0, 0.05) is 12.8 Å². The highest BCUT2D eigenvalue weighted by atomic mass is 16.5. The lowest BCUT2D eigenvalue weighted by atomic mass is 9.47. The van der Waals surface area contributed by atoms with Crippen LogP contribution in [0.5, 0.6) is 0 Å². The van der Waals surface area contributed by atoms with E-state index in [9.17, 15) is 4.79 Å². The van der Waals surface area contributed by atoms with Crippen LogP contribution >= 0.6 is 0 Å². The average molecular weight is 773 g/mol. The molecule has 9 unspecified atom stereocenters. The number of carbonyl (C=O) groups is 1. The van der Waals surface area contributed by atoms with Crippen LogP contribution in [0.25, 0.3) is 0 Å². The Morgan fingerprint density at radius 1 is 0.714 bits per heavy atom. The second kappa shape index (κ2) is 25.1. The summed E-state index contributed by atoms with van der Waals surface area (Å²) in [5.74, 6) is 6.07. The first-order valence-corrected chi connectivity index (χ1v) is 24.9. The van der Waals surface area contributed by atoms with Crippen LogP contribution in [0.1, 0.15) is 228 Å². The van der Waals surface area contributed by atoms with Crippen LogP contribution in [0, 0.1) is 52.3 Å². The lowest BCUT2D eigenvalue weighted by Crippen LogP contribution is -2.51. The monoisotopic (exact) mass is 773 g/mol. The molecular weight excluding hydrogens is 681 g/mol. The number of hydrogen-bond acceptors (Lipinski definition) is 2. The molecule has 2 nitrogen and oxygen atoms in total. The van der Waals surface area contributed by atoms with E-state index in [4.69, 9.17) is 4.74 Å². The molecule has 0 aromatic heterocycles. The first-order valence-electron chi connectivity index (χ1n) is 24.9. The highest BCUT2D eigenvalue weighted by molar-refractivity contribution is 5.69. The Hall–Kier alpha value is -1.57. The van der Waals surface area contributed by atoms with Crippen molar-refractivity contribution in [1.29, 1.82) is 0 Å². The summed E-state index contributed by atoms with van der Waals surface area (Å²) < 4.78 is 6.16. The number of allylic oxidation sites excluding steroid dienone is 7. The lowest BCUT2D eigenvalue weighted by Gasteiger charge is -2.58. The molecule has 4 aliphatic carbocycles. The van der Waals surface area contributed by atoms with E-state index < -0.39 is 0 Å². The molecule has 3 fully saturated rings. The first kappa shape index (κ1) is 47.1. The normalized spacial score (nSPS) is 30.1. The molecule has 0 spiro atoms. The molecule has 0 aromatic carbocycles. The fourth-order valence-corrected chi connectivity index (χ4v) is 12.2. The highest BCUT2D eigenvalue weighted by Gasteiger charge is 2.59. The summed E-state index contributed by atoms with van der Waals surface area (Å²) in [5, 5.41) is 0. The Kier molecular flexibility index (Phi) is 21.2. The molecule has 0 aliphatic heterocycles. The molecule has 0 amide bonds. The molecule has 0 bridgehead atoms. The Bertz CT molecular complexity index is 1220. The van der Waals surface area contributed by atoms with Gasteiger partial charge >= 0.3 is 5.97 Å². The van der Waals surface area contributed by atoms with Crippen LogP contribution in [0.3, 0.4) is 0 Å². The van der Waals surface area contributed by atoms with Crippen LogP contribution in [0.15, 0.2) is 48.1 Å². The molecule has 0 saturated heterocycles. The van der Waals surface area contributed by atoms with E-state index in [2.05, 4.69) is 91.0 Å². The van der Waals surface area contributed by atoms with Gasteiger partial charge in [0.05, 0.1) is 0 Å². The minimum atomic E-state index is 0.0578. The molecule has 3 saturated carbocycles. The number of carbonyl (C=O) groups excluding carboxylic acids is 1. The zero-order chi connectivity index (χ0) is 40.2. The predicted molar refractivity (Wildman–Crippen MR) is 244 cm³/mol. The lowest BCUT2D eigenvalue weighted by molar-refractivity contribution is -0.151. The zero-order valence-electron chi connectivity index (χ0n) is 38.3. The largest absolute Gasteiger partial charge is 0.462 e. The summed E-state index contributed by atoms with van der Waals surface area (Å²) in [4.78, 5) is 12.9. The minimum absolute atomic E-state index is 0.0578. The van der Waals surface area contributed by atoms with Crippen molar-refractivity contribution < 1.29 is 9.53 Å². The molecule has 0 N–H and O–H groups in total. The maximum absolute atomic E-state index is 12.9. The van der Waals surface area contributed by atoms with Crippen LogP contribution in [0.4, 0.5) is 0 Å². The van der Waals surface area contributed by atoms with Crippen molar-refractivity contribution in [3.05, 3.63) is 48.1 Å². The van der Waals surface area contributed by atoms with Crippen LogP contribution < -0.4 is 0 Å². The van der Waals surface area contributed by atoms with Gasteiger partial charge in [0.1, 0.15) is 6.10 Å². The van der Waals surface area contributed by atoms with Crippen molar-refractivity contribution in [2.24, 2.45) is 52.3 Å². The summed E-state index contributed by atoms with van der Waals surface area (Å²) in [6.07, 6.45) is 51.9. The van der Waals surface area contributed by atoms with Crippen LogP contribution in [-0.4, -0.2) is 12.1 Å². The number of unbranched alkanes of at least 4 members (excludes halogenated alkanes) is 13. The van der Waals surface area contributed by atoms with Crippen molar-refractivity contribution >= 4 is 5.97 Å². The molecule has 0 aromatic rings. The highest BCUT2D eigenvalue weighted by Crippen LogP contribution is 2.67. The second-order valence-electron chi connectivity index (χ2n) is 20.6. The van der Waals surface area contributed by atoms with E-state index in [1.807, 2.05) is 0 Å². The fourth-order valence-electron chi connectivity index (χ4n) is 12.2. The third kappa shape index (κ3) is 14.3. The van der Waals surface area contributed by atoms with Crippen molar-refractivity contribution in [3.63, 3.8) is 0 Å². The summed E-state index contributed by atoms with van der Waals surface area (Å²) in [5.41, 5.74) is 2.50. The molecule has 4 aliphatic rings. The summed E-state index contributed by atoms with van der Waals surface area (Å²) >= 11 is 0. The van der Waals surface area contributed by atoms with E-state index >= 15 is 0 Å². The summed E-state index contributed by atoms with van der Waals surface area (Å²) in [6.45, 7) is 17.4. The third-order valence-electron chi connectivity index (χ3n) is 16.4. The Morgan fingerprint density at radius 2 is 1.32 bits per heavy atom. The van der Waals surface area contributed by atoms with Crippen LogP contribution in [-0.2, 0) is 9.53 Å². The Labute approximate surface area is 349 Å². The number of hydrogen-bond donors (Lipinski definition) is 0. The third-order valence-corrected chi connectivity index (χ3v) is 16.4. The van der Waals surface area contributed by atoms with Crippen molar-refractivity contribution in [2.75, 3.05) is 0 Å². The summed E-state index contributed by atoms with van der Waals surface area (Å²) in [6, 6.07) is 0. The number of rotatable bonds is 27. The second-order valence-corrected chi connectivity index (χ2v) is 20.6. The molecule has 320 valence electrons. The predicted octanol–water partition coefficient (Wildman–Crippen LogP) is 16.9. The summed E-state index contributed by atoms with van der Waals surface area (Å²) in [7, 11) is 0. The van der Waals surface area contributed by atoms with Crippen molar-refractivity contribution in [1.82, 2.24) is 0 Å². The fraction of sp³-hybridized carbons (Fsp3) is 0.833. The van der Waals surface area contributed by atoms with Gasteiger partial charge in [0.25, 0.3) is 0 Å². The smallest absolute Gasteiger partial charge is 0.306 e. The standard InChI is InChI=1S/C54H92O2/c1-8-9-10-11-12-13-14-15-16-17-18-19-20-21-22-23-24-25-26-27-28-29-30-31-52(55)56-47-38-40-53(6)46(42-47)34-35-48-50-37-36-49(54(50,7)41-39-51(48)53)45(5)33-32-44(4)43(2)3/h12-13,15-16,18-19,34,43-45,47-51H,8-11,14,17,20-33,35-42H2,1-7H3/b13-12-,16-15-,19-18-. The number of ether oxygens (including phenoxy) is 1. The van der Waals surface area contributed by atoms with Gasteiger partial charge in [-0.15, -0.1) is 0 Å². The van der Waals surface area contributed by atoms with Gasteiger partial charge in [0.2, 0.25) is 0 Å². The van der Waals surface area contributed by atoms with E-state index in [-0.39, 0.29) is 12.1 Å². The van der Waals surface area contributed by atoms with Gasteiger partial charge in [0.15, 0.2) is 0 Å². The number of fused-ring (bicyclic) bond motifs is 5. The van der Waals surface area contributed by atoms with Crippen molar-refractivity contribution in [3.8, 4) is 0 Å². The molecule has 56 heavy (non-hydrogen) atoms. The molecule has 0 radical (unpaired) electrons. The van der Waals surface area contributed by atoms with Crippen LogP contribution in [0.2, 0.25) is 0 Å². The van der Waals surface area contributed by atoms with Gasteiger partial charge in [-0.2, -0.15) is 0 Å². The molecular formula is C54H92O2.